The predicted octanol–water partition coefficient (Wildman–Crippen LogP) is 0.544. The van der Waals surface area contributed by atoms with Crippen LogP contribution < -0.4 is 4.72 Å². The number of carbonyl (C=O) groups is 2. The van der Waals surface area contributed by atoms with Gasteiger partial charge in [0.15, 0.2) is 0 Å². The Hall–Kier alpha value is -1.58. The molecule has 7 nitrogen and oxygen atoms in total. The van der Waals surface area contributed by atoms with Crippen LogP contribution in [0, 0.1) is 6.92 Å². The molecule has 0 radical (unpaired) electrons. The maximum absolute atomic E-state index is 12.1. The van der Waals surface area contributed by atoms with E-state index in [9.17, 15) is 18.0 Å². The number of benzene rings is 1. The highest BCUT2D eigenvalue weighted by Crippen LogP contribution is 2.12. The van der Waals surface area contributed by atoms with E-state index in [1.165, 1.54) is 12.1 Å². The molecule has 1 atom stereocenters. The van der Waals surface area contributed by atoms with E-state index < -0.39 is 28.0 Å². The van der Waals surface area contributed by atoms with E-state index in [4.69, 9.17) is 10.2 Å². The molecule has 3 N–H and O–H groups in total. The number of carboxylic acids is 2. The summed E-state index contributed by atoms with van der Waals surface area (Å²) in [7, 11) is -3.96. The average Bonchev–Trinajstić information content (AvgIpc) is 2.37. The van der Waals surface area contributed by atoms with Gasteiger partial charge in [-0.2, -0.15) is 4.72 Å². The van der Waals surface area contributed by atoms with E-state index in [1.807, 2.05) is 0 Å². The molecule has 0 spiro atoms. The Bertz CT molecular complexity index is 611. The van der Waals surface area contributed by atoms with Crippen molar-refractivity contribution in [3.63, 3.8) is 0 Å². The molecule has 0 aliphatic rings. The van der Waals surface area contributed by atoms with E-state index in [0.717, 1.165) is 17.3 Å². The van der Waals surface area contributed by atoms with E-state index in [2.05, 4.69) is 4.72 Å². The van der Waals surface area contributed by atoms with Crippen molar-refractivity contribution in [2.24, 2.45) is 0 Å². The largest absolute Gasteiger partial charge is 0.481 e. The van der Waals surface area contributed by atoms with Crippen molar-refractivity contribution in [2.45, 2.75) is 17.9 Å². The molecule has 0 saturated carbocycles. The van der Waals surface area contributed by atoms with Gasteiger partial charge >= 0.3 is 11.9 Å². The smallest absolute Gasteiger partial charge is 0.322 e. The zero-order valence-electron chi connectivity index (χ0n) is 11.1. The van der Waals surface area contributed by atoms with Crippen LogP contribution in [0.2, 0.25) is 0 Å². The van der Waals surface area contributed by atoms with Gasteiger partial charge in [0.05, 0.1) is 10.6 Å². The Labute approximate surface area is 126 Å². The summed E-state index contributed by atoms with van der Waals surface area (Å²) in [5.74, 6) is -2.92. The second-order valence-corrected chi connectivity index (χ2v) is 6.98. The first-order valence-corrected chi connectivity index (χ1v) is 8.47. The number of thioether (sulfide) groups is 1. The van der Waals surface area contributed by atoms with Crippen LogP contribution >= 0.6 is 11.8 Å². The quantitative estimate of drug-likeness (QED) is 0.635. The molecule has 0 amide bonds. The van der Waals surface area contributed by atoms with Crippen molar-refractivity contribution in [1.82, 2.24) is 4.72 Å². The zero-order valence-corrected chi connectivity index (χ0v) is 12.8. The number of aryl methyl sites for hydroxylation is 1. The van der Waals surface area contributed by atoms with Crippen molar-refractivity contribution < 1.29 is 28.2 Å². The molecule has 0 aromatic heterocycles. The van der Waals surface area contributed by atoms with Gasteiger partial charge in [-0.05, 0) is 19.1 Å². The fraction of sp³-hybridized carbons (Fsp3) is 0.333. The summed E-state index contributed by atoms with van der Waals surface area (Å²) in [6.45, 7) is 1.80. The average molecular weight is 333 g/mol. The molecule has 1 aromatic carbocycles. The lowest BCUT2D eigenvalue weighted by Gasteiger charge is -2.14. The van der Waals surface area contributed by atoms with Crippen molar-refractivity contribution >= 4 is 33.7 Å². The van der Waals surface area contributed by atoms with Crippen LogP contribution in [0.3, 0.4) is 0 Å². The van der Waals surface area contributed by atoms with Crippen molar-refractivity contribution in [3.8, 4) is 0 Å². The first-order valence-electron chi connectivity index (χ1n) is 5.83. The molecular weight excluding hydrogens is 318 g/mol. The Morgan fingerprint density at radius 1 is 1.24 bits per heavy atom. The van der Waals surface area contributed by atoms with Gasteiger partial charge < -0.3 is 10.2 Å². The fourth-order valence-corrected chi connectivity index (χ4v) is 3.44. The molecule has 116 valence electrons. The monoisotopic (exact) mass is 333 g/mol. The van der Waals surface area contributed by atoms with Crippen LogP contribution in [0.4, 0.5) is 0 Å². The summed E-state index contributed by atoms with van der Waals surface area (Å²) in [6, 6.07) is 4.57. The minimum Gasteiger partial charge on any atom is -0.481 e. The van der Waals surface area contributed by atoms with E-state index in [-0.39, 0.29) is 16.4 Å². The van der Waals surface area contributed by atoms with Gasteiger partial charge in [0.25, 0.3) is 0 Å². The third-order valence-corrected chi connectivity index (χ3v) is 4.94. The summed E-state index contributed by atoms with van der Waals surface area (Å²) in [6.07, 6.45) is 0. The molecule has 9 heteroatoms. The number of aliphatic carboxylic acids is 2. The lowest BCUT2D eigenvalue weighted by Crippen LogP contribution is -2.42. The summed E-state index contributed by atoms with van der Waals surface area (Å²) >= 11 is 0.829. The second kappa shape index (κ2) is 7.43. The second-order valence-electron chi connectivity index (χ2n) is 4.23. The van der Waals surface area contributed by atoms with Gasteiger partial charge in [-0.3, -0.25) is 9.59 Å². The highest BCUT2D eigenvalue weighted by Gasteiger charge is 2.25. The standard InChI is InChI=1S/C12H15NO6S2/c1-8-2-4-9(5-3-8)21(18,19)13-10(12(16)17)6-20-7-11(14)15/h2-5,10,13H,6-7H2,1H3,(H,14,15)(H,16,17)/t10-/m1/s1. The van der Waals surface area contributed by atoms with Crippen LogP contribution in [0.5, 0.6) is 0 Å². The maximum atomic E-state index is 12.1. The van der Waals surface area contributed by atoms with Gasteiger partial charge in [-0.15, -0.1) is 11.8 Å². The van der Waals surface area contributed by atoms with Gasteiger partial charge in [0.2, 0.25) is 10.0 Å². The molecule has 0 aliphatic heterocycles. The molecule has 0 heterocycles. The van der Waals surface area contributed by atoms with E-state index in [1.54, 1.807) is 19.1 Å². The highest BCUT2D eigenvalue weighted by atomic mass is 32.2. The van der Waals surface area contributed by atoms with Gasteiger partial charge in [0.1, 0.15) is 6.04 Å². The highest BCUT2D eigenvalue weighted by molar-refractivity contribution is 8.00. The summed E-state index contributed by atoms with van der Waals surface area (Å²) in [5, 5.41) is 17.5. The fourth-order valence-electron chi connectivity index (χ4n) is 1.39. The minimum atomic E-state index is -3.96. The number of hydrogen-bond donors (Lipinski definition) is 3. The number of sulfonamides is 1. The number of carboxylic acid groups (broad SMARTS) is 2. The van der Waals surface area contributed by atoms with Gasteiger partial charge in [-0.1, -0.05) is 17.7 Å². The van der Waals surface area contributed by atoms with Crippen LogP contribution in [-0.4, -0.2) is 48.1 Å². The van der Waals surface area contributed by atoms with Crippen LogP contribution in [0.15, 0.2) is 29.2 Å². The minimum absolute atomic E-state index is 0.0393. The molecule has 1 rings (SSSR count). The van der Waals surface area contributed by atoms with Crippen LogP contribution in [-0.2, 0) is 19.6 Å². The number of nitrogens with one attached hydrogen (secondary N) is 1. The third-order valence-electron chi connectivity index (χ3n) is 2.44. The molecule has 0 saturated heterocycles. The lowest BCUT2D eigenvalue weighted by atomic mass is 10.2. The summed E-state index contributed by atoms with van der Waals surface area (Å²) in [4.78, 5) is 21.4. The molecular formula is C12H15NO6S2. The molecule has 1 aromatic rings. The summed E-state index contributed by atoms with van der Waals surface area (Å²) < 4.78 is 26.2. The zero-order chi connectivity index (χ0) is 16.0. The van der Waals surface area contributed by atoms with Crippen LogP contribution in [0.25, 0.3) is 0 Å². The number of hydrogen-bond acceptors (Lipinski definition) is 5. The Morgan fingerprint density at radius 2 is 1.81 bits per heavy atom. The molecule has 21 heavy (non-hydrogen) atoms. The van der Waals surface area contributed by atoms with Crippen molar-refractivity contribution in [1.29, 1.82) is 0 Å². The van der Waals surface area contributed by atoms with Gasteiger partial charge in [-0.25, -0.2) is 8.42 Å². The Morgan fingerprint density at radius 3 is 2.29 bits per heavy atom. The predicted molar refractivity (Wildman–Crippen MR) is 77.9 cm³/mol. The normalized spacial score (nSPS) is 12.8. The first kappa shape index (κ1) is 17.5. The Kier molecular flexibility index (Phi) is 6.19. The number of rotatable bonds is 8. The molecule has 0 bridgehead atoms. The third kappa shape index (κ3) is 5.74. The summed E-state index contributed by atoms with van der Waals surface area (Å²) in [5.41, 5.74) is 0.876. The molecule has 0 fully saturated rings. The molecule has 0 unspecified atom stereocenters. The topological polar surface area (TPSA) is 121 Å². The van der Waals surface area contributed by atoms with Crippen LogP contribution in [0.1, 0.15) is 5.56 Å². The van der Waals surface area contributed by atoms with Crippen molar-refractivity contribution in [3.05, 3.63) is 29.8 Å². The van der Waals surface area contributed by atoms with E-state index >= 15 is 0 Å². The SMILES string of the molecule is Cc1ccc(S(=O)(=O)N[C@H](CSCC(=O)O)C(=O)O)cc1. The molecule has 0 aliphatic carbocycles. The first-order chi connectivity index (χ1) is 9.72. The van der Waals surface area contributed by atoms with Gasteiger partial charge in [0, 0.05) is 5.75 Å². The maximum Gasteiger partial charge on any atom is 0.322 e. The van der Waals surface area contributed by atoms with E-state index in [0.29, 0.717) is 0 Å². The Balaban J connectivity index is 2.79. The lowest BCUT2D eigenvalue weighted by molar-refractivity contribution is -0.138. The van der Waals surface area contributed by atoms with Crippen molar-refractivity contribution in [2.75, 3.05) is 11.5 Å².